The number of halogens is 3. The topological polar surface area (TPSA) is 37.8 Å². The van der Waals surface area contributed by atoms with E-state index in [1.807, 2.05) is 13.8 Å². The summed E-state index contributed by atoms with van der Waals surface area (Å²) in [5.74, 6) is 0. The first kappa shape index (κ1) is 14.2. The van der Waals surface area contributed by atoms with Crippen molar-refractivity contribution in [1.29, 1.82) is 0 Å². The molecular formula is C10H14F3N3S. The number of rotatable bonds is 5. The number of alkyl halides is 3. The van der Waals surface area contributed by atoms with Crippen LogP contribution in [0.3, 0.4) is 0 Å². The van der Waals surface area contributed by atoms with E-state index in [4.69, 9.17) is 0 Å². The Morgan fingerprint density at radius 1 is 1.47 bits per heavy atom. The van der Waals surface area contributed by atoms with Crippen LogP contribution in [0.4, 0.5) is 13.2 Å². The van der Waals surface area contributed by atoms with Crippen LogP contribution in [0.25, 0.3) is 0 Å². The van der Waals surface area contributed by atoms with Gasteiger partial charge in [0.25, 0.3) is 0 Å². The van der Waals surface area contributed by atoms with E-state index < -0.39 is 12.7 Å². The van der Waals surface area contributed by atoms with Gasteiger partial charge < -0.3 is 5.32 Å². The molecule has 0 aliphatic rings. The molecule has 0 aliphatic heterocycles. The number of nitrogens with one attached hydrogen (secondary N) is 1. The number of aryl methyl sites for hydroxylation is 1. The summed E-state index contributed by atoms with van der Waals surface area (Å²) >= 11 is 1.36. The third-order valence-corrected chi connectivity index (χ3v) is 2.81. The predicted octanol–water partition coefficient (Wildman–Crippen LogP) is 2.42. The molecule has 0 radical (unpaired) electrons. The molecule has 1 aromatic rings. The number of hydrogen-bond donors (Lipinski definition) is 1. The Bertz CT molecular complexity index is 357. The zero-order valence-electron chi connectivity index (χ0n) is 9.58. The van der Waals surface area contributed by atoms with Gasteiger partial charge in [0.05, 0.1) is 6.54 Å². The Kier molecular flexibility index (Phi) is 5.20. The Hall–Kier alpha value is -0.820. The summed E-state index contributed by atoms with van der Waals surface area (Å²) in [6, 6.07) is 1.77. The van der Waals surface area contributed by atoms with Crippen LogP contribution in [0.2, 0.25) is 0 Å². The molecule has 17 heavy (non-hydrogen) atoms. The Balaban J connectivity index is 2.32. The van der Waals surface area contributed by atoms with E-state index in [0.29, 0.717) is 5.16 Å². The minimum absolute atomic E-state index is 0.0147. The van der Waals surface area contributed by atoms with E-state index in [9.17, 15) is 13.2 Å². The quantitative estimate of drug-likeness (QED) is 0.655. The van der Waals surface area contributed by atoms with Crippen LogP contribution in [-0.4, -0.2) is 34.5 Å². The van der Waals surface area contributed by atoms with E-state index in [1.54, 1.807) is 12.3 Å². The highest BCUT2D eigenvalue weighted by atomic mass is 32.2. The maximum Gasteiger partial charge on any atom is 0.401 e. The lowest BCUT2D eigenvalue weighted by Gasteiger charge is -2.12. The number of aromatic nitrogens is 2. The molecule has 1 N–H and O–H groups in total. The van der Waals surface area contributed by atoms with Crippen LogP contribution in [0.1, 0.15) is 12.6 Å². The summed E-state index contributed by atoms with van der Waals surface area (Å²) in [4.78, 5) is 8.21. The van der Waals surface area contributed by atoms with Crippen molar-refractivity contribution in [2.45, 2.75) is 30.4 Å². The molecule has 1 unspecified atom stereocenters. The van der Waals surface area contributed by atoms with Gasteiger partial charge in [0.15, 0.2) is 5.16 Å². The third kappa shape index (κ3) is 6.48. The van der Waals surface area contributed by atoms with E-state index in [-0.39, 0.29) is 11.8 Å². The SMILES string of the molecule is Cc1ccnc(SC(C)CNCC(F)(F)F)n1. The monoisotopic (exact) mass is 265 g/mol. The molecule has 0 fully saturated rings. The molecule has 7 heteroatoms. The van der Waals surface area contributed by atoms with Gasteiger partial charge in [-0.05, 0) is 13.0 Å². The molecule has 0 amide bonds. The molecule has 0 saturated heterocycles. The fourth-order valence-electron chi connectivity index (χ4n) is 1.12. The molecule has 1 heterocycles. The lowest BCUT2D eigenvalue weighted by Crippen LogP contribution is -2.32. The van der Waals surface area contributed by atoms with Crippen LogP contribution >= 0.6 is 11.8 Å². The first-order chi connectivity index (χ1) is 7.87. The van der Waals surface area contributed by atoms with Crippen molar-refractivity contribution >= 4 is 11.8 Å². The van der Waals surface area contributed by atoms with Crippen molar-refractivity contribution in [1.82, 2.24) is 15.3 Å². The van der Waals surface area contributed by atoms with Crippen molar-refractivity contribution in [3.05, 3.63) is 18.0 Å². The van der Waals surface area contributed by atoms with Gasteiger partial charge in [-0.25, -0.2) is 9.97 Å². The van der Waals surface area contributed by atoms with Crippen molar-refractivity contribution in [3.63, 3.8) is 0 Å². The van der Waals surface area contributed by atoms with Crippen LogP contribution in [0, 0.1) is 6.92 Å². The molecule has 0 aromatic carbocycles. The molecule has 1 rings (SSSR count). The largest absolute Gasteiger partial charge is 0.401 e. The maximum atomic E-state index is 11.9. The fourth-order valence-corrected chi connectivity index (χ4v) is 2.00. The van der Waals surface area contributed by atoms with Crippen molar-refractivity contribution in [2.24, 2.45) is 0 Å². The van der Waals surface area contributed by atoms with E-state index in [2.05, 4.69) is 15.3 Å². The van der Waals surface area contributed by atoms with Gasteiger partial charge in [0.2, 0.25) is 0 Å². The minimum Gasteiger partial charge on any atom is -0.308 e. The summed E-state index contributed by atoms with van der Waals surface area (Å²) in [5.41, 5.74) is 0.845. The molecule has 3 nitrogen and oxygen atoms in total. The Morgan fingerprint density at radius 2 is 2.18 bits per heavy atom. The molecule has 1 atom stereocenters. The van der Waals surface area contributed by atoms with E-state index >= 15 is 0 Å². The molecule has 1 aromatic heterocycles. The van der Waals surface area contributed by atoms with Gasteiger partial charge in [-0.3, -0.25) is 0 Å². The molecule has 96 valence electrons. The standard InChI is InChI=1S/C10H14F3N3S/c1-7-3-4-15-9(16-7)17-8(2)5-14-6-10(11,12)13/h3-4,8,14H,5-6H2,1-2H3. The normalized spacial score (nSPS) is 13.7. The van der Waals surface area contributed by atoms with Gasteiger partial charge in [0.1, 0.15) is 0 Å². The highest BCUT2D eigenvalue weighted by molar-refractivity contribution is 7.99. The summed E-state index contributed by atoms with van der Waals surface area (Å²) in [7, 11) is 0. The first-order valence-electron chi connectivity index (χ1n) is 5.10. The molecule has 0 aliphatic carbocycles. The van der Waals surface area contributed by atoms with Crippen molar-refractivity contribution in [2.75, 3.05) is 13.1 Å². The van der Waals surface area contributed by atoms with Gasteiger partial charge >= 0.3 is 6.18 Å². The summed E-state index contributed by atoms with van der Waals surface area (Å²) in [5, 5.41) is 2.93. The van der Waals surface area contributed by atoms with Gasteiger partial charge in [-0.1, -0.05) is 18.7 Å². The number of nitrogens with zero attached hydrogens (tertiary/aromatic N) is 2. The highest BCUT2D eigenvalue weighted by Gasteiger charge is 2.26. The lowest BCUT2D eigenvalue weighted by atomic mass is 10.4. The van der Waals surface area contributed by atoms with Crippen LogP contribution in [0.15, 0.2) is 17.4 Å². The van der Waals surface area contributed by atoms with E-state index in [0.717, 1.165) is 5.69 Å². The Labute approximate surface area is 102 Å². The van der Waals surface area contributed by atoms with Crippen LogP contribution in [-0.2, 0) is 0 Å². The van der Waals surface area contributed by atoms with E-state index in [1.165, 1.54) is 11.8 Å². The molecular weight excluding hydrogens is 251 g/mol. The zero-order valence-corrected chi connectivity index (χ0v) is 10.4. The van der Waals surface area contributed by atoms with Crippen molar-refractivity contribution in [3.8, 4) is 0 Å². The summed E-state index contributed by atoms with van der Waals surface area (Å²) in [6.07, 6.45) is -2.52. The number of hydrogen-bond acceptors (Lipinski definition) is 4. The Morgan fingerprint density at radius 3 is 2.76 bits per heavy atom. The van der Waals surface area contributed by atoms with Gasteiger partial charge in [-0.2, -0.15) is 13.2 Å². The fraction of sp³-hybridized carbons (Fsp3) is 0.600. The smallest absolute Gasteiger partial charge is 0.308 e. The van der Waals surface area contributed by atoms with Crippen LogP contribution in [0.5, 0.6) is 0 Å². The average molecular weight is 265 g/mol. The van der Waals surface area contributed by atoms with Crippen LogP contribution < -0.4 is 5.32 Å². The zero-order chi connectivity index (χ0) is 12.9. The summed E-state index contributed by atoms with van der Waals surface area (Å²) < 4.78 is 35.7. The lowest BCUT2D eigenvalue weighted by molar-refractivity contribution is -0.124. The van der Waals surface area contributed by atoms with Gasteiger partial charge in [0, 0.05) is 23.7 Å². The third-order valence-electron chi connectivity index (χ3n) is 1.84. The van der Waals surface area contributed by atoms with Gasteiger partial charge in [-0.15, -0.1) is 0 Å². The maximum absolute atomic E-state index is 11.9. The molecule has 0 saturated carbocycles. The summed E-state index contributed by atoms with van der Waals surface area (Å²) in [6.45, 7) is 2.98. The second-order valence-electron chi connectivity index (χ2n) is 3.66. The first-order valence-corrected chi connectivity index (χ1v) is 5.98. The molecule has 0 bridgehead atoms. The van der Waals surface area contributed by atoms with Crippen molar-refractivity contribution < 1.29 is 13.2 Å². The average Bonchev–Trinajstić information content (AvgIpc) is 2.15. The second-order valence-corrected chi connectivity index (χ2v) is 5.06. The predicted molar refractivity (Wildman–Crippen MR) is 61.0 cm³/mol. The minimum atomic E-state index is -4.16. The second kappa shape index (κ2) is 6.20. The molecule has 0 spiro atoms. The number of thioether (sulfide) groups is 1. The highest BCUT2D eigenvalue weighted by Crippen LogP contribution is 2.19.